The van der Waals surface area contributed by atoms with Gasteiger partial charge in [0, 0.05) is 5.92 Å². The lowest BCUT2D eigenvalue weighted by Gasteiger charge is -2.25. The number of nitrogens with zero attached hydrogens (tertiary/aromatic N) is 2. The molecule has 4 rings (SSSR count). The van der Waals surface area contributed by atoms with Gasteiger partial charge in [-0.1, -0.05) is 12.1 Å². The Bertz CT molecular complexity index is 696. The highest BCUT2D eigenvalue weighted by Gasteiger charge is 2.30. The molecule has 1 aliphatic carbocycles. The predicted octanol–water partition coefficient (Wildman–Crippen LogP) is 1.40. The van der Waals surface area contributed by atoms with Crippen molar-refractivity contribution >= 4 is 5.91 Å². The Kier molecular flexibility index (Phi) is 3.17. The maximum atomic E-state index is 12.1. The Labute approximate surface area is 126 Å². The van der Waals surface area contributed by atoms with Gasteiger partial charge in [-0.25, -0.2) is 0 Å². The van der Waals surface area contributed by atoms with Crippen molar-refractivity contribution in [1.29, 1.82) is 0 Å². The van der Waals surface area contributed by atoms with Crippen LogP contribution in [0.2, 0.25) is 0 Å². The van der Waals surface area contributed by atoms with Gasteiger partial charge in [-0.05, 0) is 25.0 Å². The normalized spacial score (nSPS) is 19.7. The minimum absolute atomic E-state index is 0.181. The number of carbonyl (C=O) groups is 1. The van der Waals surface area contributed by atoms with Crippen LogP contribution in [-0.2, 0) is 11.3 Å². The third-order valence-corrected chi connectivity index (χ3v) is 3.62. The Morgan fingerprint density at radius 3 is 2.86 bits per heavy atom. The summed E-state index contributed by atoms with van der Waals surface area (Å²) in [4.78, 5) is 12.1. The predicted molar refractivity (Wildman–Crippen MR) is 74.5 cm³/mol. The van der Waals surface area contributed by atoms with Crippen LogP contribution in [0.4, 0.5) is 0 Å². The molecule has 1 fully saturated rings. The zero-order chi connectivity index (χ0) is 14.9. The second-order valence-corrected chi connectivity index (χ2v) is 5.39. The number of fused-ring (bicyclic) bond motifs is 1. The molecule has 7 nitrogen and oxygen atoms in total. The number of hydrogen-bond acceptors (Lipinski definition) is 6. The number of ether oxygens (including phenoxy) is 2. The van der Waals surface area contributed by atoms with Crippen molar-refractivity contribution in [3.63, 3.8) is 0 Å². The molecule has 7 heteroatoms. The van der Waals surface area contributed by atoms with Gasteiger partial charge in [-0.15, -0.1) is 10.2 Å². The first-order valence-corrected chi connectivity index (χ1v) is 7.28. The maximum absolute atomic E-state index is 12.1. The summed E-state index contributed by atoms with van der Waals surface area (Å²) in [6.07, 6.45) is 1.52. The minimum atomic E-state index is -0.680. The average molecular weight is 301 g/mol. The summed E-state index contributed by atoms with van der Waals surface area (Å²) in [5.41, 5.74) is 0. The highest BCUT2D eigenvalue weighted by atomic mass is 16.6. The van der Waals surface area contributed by atoms with Crippen LogP contribution in [0.15, 0.2) is 28.7 Å². The first kappa shape index (κ1) is 13.1. The summed E-state index contributed by atoms with van der Waals surface area (Å²) in [5.74, 6) is 2.44. The Morgan fingerprint density at radius 2 is 2.05 bits per heavy atom. The van der Waals surface area contributed by atoms with E-state index in [1.165, 1.54) is 0 Å². The highest BCUT2D eigenvalue weighted by molar-refractivity contribution is 5.81. The van der Waals surface area contributed by atoms with Gasteiger partial charge in [-0.2, -0.15) is 0 Å². The average Bonchev–Trinajstić information content (AvgIpc) is 3.31. The summed E-state index contributed by atoms with van der Waals surface area (Å²) < 4.78 is 16.6. The van der Waals surface area contributed by atoms with E-state index < -0.39 is 6.10 Å². The lowest BCUT2D eigenvalue weighted by atomic mass is 10.2. The zero-order valence-electron chi connectivity index (χ0n) is 11.8. The molecule has 0 bridgehead atoms. The summed E-state index contributed by atoms with van der Waals surface area (Å²) in [7, 11) is 0. The topological polar surface area (TPSA) is 86.5 Å². The SMILES string of the molecule is O=C(NCc1nnc(C2CC2)o1)C1COc2ccccc2O1. The molecule has 1 aliphatic heterocycles. The number of aromatic nitrogens is 2. The molecule has 2 aliphatic rings. The quantitative estimate of drug-likeness (QED) is 0.918. The van der Waals surface area contributed by atoms with E-state index in [1.54, 1.807) is 12.1 Å². The van der Waals surface area contributed by atoms with E-state index in [-0.39, 0.29) is 19.1 Å². The van der Waals surface area contributed by atoms with Crippen molar-refractivity contribution in [2.75, 3.05) is 6.61 Å². The number of hydrogen-bond donors (Lipinski definition) is 1. The lowest BCUT2D eigenvalue weighted by Crippen LogP contribution is -2.43. The fourth-order valence-electron chi connectivity index (χ4n) is 2.26. The van der Waals surface area contributed by atoms with Gasteiger partial charge in [-0.3, -0.25) is 4.79 Å². The van der Waals surface area contributed by atoms with Crippen LogP contribution < -0.4 is 14.8 Å². The number of carbonyl (C=O) groups excluding carboxylic acids is 1. The molecule has 1 unspecified atom stereocenters. The molecule has 22 heavy (non-hydrogen) atoms. The van der Waals surface area contributed by atoms with Crippen molar-refractivity contribution in [3.05, 3.63) is 36.0 Å². The van der Waals surface area contributed by atoms with Crippen LogP contribution in [0.1, 0.15) is 30.5 Å². The second-order valence-electron chi connectivity index (χ2n) is 5.39. The molecule has 1 atom stereocenters. The summed E-state index contributed by atoms with van der Waals surface area (Å²) in [6.45, 7) is 0.375. The molecular formula is C15H15N3O4. The molecule has 2 aromatic rings. The number of benzene rings is 1. The van der Waals surface area contributed by atoms with Gasteiger partial charge >= 0.3 is 0 Å². The van der Waals surface area contributed by atoms with Gasteiger partial charge in [0.15, 0.2) is 11.5 Å². The molecular weight excluding hydrogens is 286 g/mol. The third kappa shape index (κ3) is 2.61. The first-order chi connectivity index (χ1) is 10.8. The molecule has 114 valence electrons. The van der Waals surface area contributed by atoms with Crippen molar-refractivity contribution in [3.8, 4) is 11.5 Å². The van der Waals surface area contributed by atoms with E-state index in [9.17, 15) is 4.79 Å². The maximum Gasteiger partial charge on any atom is 0.265 e. The van der Waals surface area contributed by atoms with Crippen LogP contribution in [-0.4, -0.2) is 28.8 Å². The fourth-order valence-corrected chi connectivity index (χ4v) is 2.26. The van der Waals surface area contributed by atoms with Gasteiger partial charge in [0.1, 0.15) is 6.61 Å². The van der Waals surface area contributed by atoms with Crippen molar-refractivity contribution in [2.45, 2.75) is 31.4 Å². The summed E-state index contributed by atoms with van der Waals surface area (Å²) in [6, 6.07) is 7.27. The third-order valence-electron chi connectivity index (χ3n) is 3.62. The van der Waals surface area contributed by atoms with E-state index in [2.05, 4.69) is 15.5 Å². The van der Waals surface area contributed by atoms with Crippen molar-refractivity contribution < 1.29 is 18.7 Å². The van der Waals surface area contributed by atoms with E-state index in [0.29, 0.717) is 29.2 Å². The smallest absolute Gasteiger partial charge is 0.265 e. The Balaban J connectivity index is 1.34. The van der Waals surface area contributed by atoms with Gasteiger partial charge in [0.25, 0.3) is 5.91 Å². The van der Waals surface area contributed by atoms with E-state index in [1.807, 2.05) is 12.1 Å². The summed E-state index contributed by atoms with van der Waals surface area (Å²) >= 11 is 0. The van der Waals surface area contributed by atoms with Crippen LogP contribution in [0.5, 0.6) is 11.5 Å². The molecule has 1 aromatic carbocycles. The largest absolute Gasteiger partial charge is 0.485 e. The number of nitrogens with one attached hydrogen (secondary N) is 1. The lowest BCUT2D eigenvalue weighted by molar-refractivity contribution is -0.130. The minimum Gasteiger partial charge on any atom is -0.485 e. The Morgan fingerprint density at radius 1 is 1.23 bits per heavy atom. The second kappa shape index (κ2) is 5.32. The van der Waals surface area contributed by atoms with Crippen molar-refractivity contribution in [2.24, 2.45) is 0 Å². The van der Waals surface area contributed by atoms with Gasteiger partial charge < -0.3 is 19.2 Å². The molecule has 1 aromatic heterocycles. The van der Waals surface area contributed by atoms with E-state index in [4.69, 9.17) is 13.9 Å². The molecule has 2 heterocycles. The summed E-state index contributed by atoms with van der Waals surface area (Å²) in [5, 5.41) is 10.6. The Hall–Kier alpha value is -2.57. The zero-order valence-corrected chi connectivity index (χ0v) is 11.8. The van der Waals surface area contributed by atoms with Crippen molar-refractivity contribution in [1.82, 2.24) is 15.5 Å². The number of amides is 1. The fraction of sp³-hybridized carbons (Fsp3) is 0.400. The van der Waals surface area contributed by atoms with E-state index in [0.717, 1.165) is 12.8 Å². The molecule has 1 N–H and O–H groups in total. The van der Waals surface area contributed by atoms with Crippen LogP contribution in [0.25, 0.3) is 0 Å². The molecule has 0 spiro atoms. The standard InChI is InChI=1S/C15H15N3O4/c19-14(12-8-20-10-3-1-2-4-11(10)21-12)16-7-13-17-18-15(22-13)9-5-6-9/h1-4,9,12H,5-8H2,(H,16,19). The van der Waals surface area contributed by atoms with Gasteiger partial charge in [0.05, 0.1) is 6.54 Å². The number of para-hydroxylation sites is 2. The van der Waals surface area contributed by atoms with Crippen LogP contribution in [0.3, 0.4) is 0 Å². The number of rotatable bonds is 4. The molecule has 1 saturated carbocycles. The highest BCUT2D eigenvalue weighted by Crippen LogP contribution is 2.39. The van der Waals surface area contributed by atoms with E-state index >= 15 is 0 Å². The van der Waals surface area contributed by atoms with Crippen LogP contribution in [0, 0.1) is 0 Å². The van der Waals surface area contributed by atoms with Gasteiger partial charge in [0.2, 0.25) is 17.9 Å². The molecule has 1 amide bonds. The molecule has 0 saturated heterocycles. The molecule has 0 radical (unpaired) electrons. The van der Waals surface area contributed by atoms with Crippen LogP contribution >= 0.6 is 0 Å². The monoisotopic (exact) mass is 301 g/mol. The first-order valence-electron chi connectivity index (χ1n) is 7.28.